The van der Waals surface area contributed by atoms with Gasteiger partial charge in [0.05, 0.1) is 0 Å². The maximum atomic E-state index is 13.0. The van der Waals surface area contributed by atoms with Crippen LogP contribution in [0.2, 0.25) is 0 Å². The number of unbranched alkanes of at least 4 members (excludes halogenated alkanes) is 57. The molecule has 0 rings (SSSR count). The minimum Gasteiger partial charge on any atom is -0.462 e. The summed E-state index contributed by atoms with van der Waals surface area (Å²) in [5.74, 6) is -0.816. The van der Waals surface area contributed by atoms with E-state index >= 15 is 0 Å². The van der Waals surface area contributed by atoms with Gasteiger partial charge in [-0.1, -0.05) is 387 Å². The Hall–Kier alpha value is -1.59. The van der Waals surface area contributed by atoms with Crippen LogP contribution in [0.25, 0.3) is 0 Å². The van der Waals surface area contributed by atoms with Crippen LogP contribution in [0.15, 0.2) is 0 Å². The molecule has 1 unspecified atom stereocenters. The van der Waals surface area contributed by atoms with Crippen LogP contribution in [-0.2, 0) is 28.6 Å². The van der Waals surface area contributed by atoms with Gasteiger partial charge in [0.1, 0.15) is 13.2 Å². The van der Waals surface area contributed by atoms with Crippen molar-refractivity contribution in [2.24, 2.45) is 0 Å². The van der Waals surface area contributed by atoms with Crippen molar-refractivity contribution >= 4 is 17.9 Å². The second kappa shape index (κ2) is 67.9. The summed E-state index contributed by atoms with van der Waals surface area (Å²) in [5.41, 5.74) is 0. The van der Waals surface area contributed by atoms with Crippen molar-refractivity contribution < 1.29 is 28.6 Å². The van der Waals surface area contributed by atoms with E-state index in [1.165, 1.54) is 327 Å². The van der Waals surface area contributed by atoms with Gasteiger partial charge in [0.25, 0.3) is 0 Å². The molecule has 1 atom stereocenters. The molecule has 0 amide bonds. The van der Waals surface area contributed by atoms with Gasteiger partial charge in [0, 0.05) is 19.3 Å². The van der Waals surface area contributed by atoms with Crippen molar-refractivity contribution in [2.45, 2.75) is 431 Å². The van der Waals surface area contributed by atoms with Gasteiger partial charge in [-0.3, -0.25) is 14.4 Å². The normalized spacial score (nSPS) is 11.9. The molecule has 0 fully saturated rings. The minimum absolute atomic E-state index is 0.0599. The average molecular weight is 1100 g/mol. The molecule has 0 spiro atoms. The lowest BCUT2D eigenvalue weighted by molar-refractivity contribution is -0.167. The number of esters is 3. The van der Waals surface area contributed by atoms with Crippen molar-refractivity contribution in [2.75, 3.05) is 13.2 Å². The maximum absolute atomic E-state index is 13.0. The van der Waals surface area contributed by atoms with Crippen LogP contribution in [0.1, 0.15) is 425 Å². The monoisotopic (exact) mass is 1100 g/mol. The first-order valence-corrected chi connectivity index (χ1v) is 36.0. The maximum Gasteiger partial charge on any atom is 0.306 e. The summed E-state index contributed by atoms with van der Waals surface area (Å²) < 4.78 is 17.0. The van der Waals surface area contributed by atoms with E-state index < -0.39 is 6.10 Å². The smallest absolute Gasteiger partial charge is 0.306 e. The van der Waals surface area contributed by atoms with E-state index in [1.54, 1.807) is 0 Å². The predicted molar refractivity (Wildman–Crippen MR) is 340 cm³/mol. The lowest BCUT2D eigenvalue weighted by Gasteiger charge is -2.18. The van der Waals surface area contributed by atoms with Crippen molar-refractivity contribution in [1.82, 2.24) is 0 Å². The number of carbonyl (C=O) groups is 3. The first kappa shape index (κ1) is 76.4. The highest BCUT2D eigenvalue weighted by atomic mass is 16.6. The molecule has 78 heavy (non-hydrogen) atoms. The largest absolute Gasteiger partial charge is 0.462 e. The molecule has 0 N–H and O–H groups in total. The summed E-state index contributed by atoms with van der Waals surface area (Å²) in [6.07, 6.45) is 79.9. The molecule has 0 heterocycles. The zero-order chi connectivity index (χ0) is 56.4. The molecule has 6 nitrogen and oxygen atoms in total. The Labute approximate surface area is 488 Å². The van der Waals surface area contributed by atoms with Crippen LogP contribution in [-0.4, -0.2) is 37.2 Å². The summed E-state index contributed by atoms with van der Waals surface area (Å²) >= 11 is 0. The Kier molecular flexibility index (Phi) is 66.5. The summed E-state index contributed by atoms with van der Waals surface area (Å²) in [7, 11) is 0. The van der Waals surface area contributed by atoms with Crippen molar-refractivity contribution in [3.63, 3.8) is 0 Å². The van der Waals surface area contributed by atoms with Crippen LogP contribution in [0, 0.1) is 0 Å². The second-order valence-electron chi connectivity index (χ2n) is 24.9. The van der Waals surface area contributed by atoms with Crippen LogP contribution >= 0.6 is 0 Å². The fraction of sp³-hybridized carbons (Fsp3) is 0.958. The van der Waals surface area contributed by atoms with E-state index in [0.717, 1.165) is 57.8 Å². The lowest BCUT2D eigenvalue weighted by atomic mass is 10.0. The fourth-order valence-corrected chi connectivity index (χ4v) is 11.5. The van der Waals surface area contributed by atoms with Crippen molar-refractivity contribution in [3.8, 4) is 0 Å². The molecule has 0 bridgehead atoms. The number of hydrogen-bond donors (Lipinski definition) is 0. The quantitative estimate of drug-likeness (QED) is 0.0343. The Bertz CT molecular complexity index is 1170. The van der Waals surface area contributed by atoms with E-state index in [4.69, 9.17) is 14.2 Å². The van der Waals surface area contributed by atoms with Crippen LogP contribution in [0.4, 0.5) is 0 Å². The van der Waals surface area contributed by atoms with Crippen LogP contribution in [0.3, 0.4) is 0 Å². The van der Waals surface area contributed by atoms with E-state index in [-0.39, 0.29) is 31.1 Å². The molecule has 0 aliphatic heterocycles. The van der Waals surface area contributed by atoms with E-state index in [2.05, 4.69) is 20.8 Å². The number of ether oxygens (including phenoxy) is 3. The zero-order valence-electron chi connectivity index (χ0n) is 53.5. The number of hydrogen-bond acceptors (Lipinski definition) is 6. The Morgan fingerprint density at radius 3 is 0.513 bits per heavy atom. The van der Waals surface area contributed by atoms with Gasteiger partial charge >= 0.3 is 17.9 Å². The molecular formula is C72H140O6. The van der Waals surface area contributed by atoms with Crippen LogP contribution in [0.5, 0.6) is 0 Å². The Morgan fingerprint density at radius 1 is 0.205 bits per heavy atom. The molecule has 0 radical (unpaired) electrons. The molecule has 0 aromatic carbocycles. The average Bonchev–Trinajstić information content (AvgIpc) is 3.44. The van der Waals surface area contributed by atoms with E-state index in [0.29, 0.717) is 19.3 Å². The topological polar surface area (TPSA) is 78.9 Å². The highest BCUT2D eigenvalue weighted by Crippen LogP contribution is 2.20. The predicted octanol–water partition coefficient (Wildman–Crippen LogP) is 24.6. The number of rotatable bonds is 68. The third kappa shape index (κ3) is 65.2. The summed E-state index contributed by atoms with van der Waals surface area (Å²) in [4.78, 5) is 38.5. The number of carbonyl (C=O) groups excluding carboxylic acids is 3. The zero-order valence-corrected chi connectivity index (χ0v) is 53.5. The van der Waals surface area contributed by atoms with E-state index in [1.807, 2.05) is 0 Å². The standard InChI is InChI=1S/C72H140O6/c1-4-7-10-13-16-19-22-25-28-31-34-35-36-39-41-44-47-50-53-56-59-62-65-71(74)77-68-69(78-72(75)66-63-60-57-54-51-48-45-42-38-33-30-27-24-21-18-15-12-9-6-3)67-76-70(73)64-61-58-55-52-49-46-43-40-37-32-29-26-23-20-17-14-11-8-5-2/h69H,4-68H2,1-3H3. The fourth-order valence-electron chi connectivity index (χ4n) is 11.5. The van der Waals surface area contributed by atoms with Gasteiger partial charge in [0.2, 0.25) is 0 Å². The molecule has 0 aromatic rings. The van der Waals surface area contributed by atoms with Gasteiger partial charge in [0.15, 0.2) is 6.10 Å². The minimum atomic E-state index is -0.764. The summed E-state index contributed by atoms with van der Waals surface area (Å²) in [6.45, 7) is 6.76. The molecule has 464 valence electrons. The first-order valence-electron chi connectivity index (χ1n) is 36.0. The second-order valence-corrected chi connectivity index (χ2v) is 24.9. The van der Waals surface area contributed by atoms with Gasteiger partial charge in [-0.25, -0.2) is 0 Å². The Morgan fingerprint density at radius 2 is 0.346 bits per heavy atom. The molecule has 0 saturated heterocycles. The molecule has 6 heteroatoms. The van der Waals surface area contributed by atoms with Gasteiger partial charge in [-0.15, -0.1) is 0 Å². The highest BCUT2D eigenvalue weighted by molar-refractivity contribution is 5.71. The molecule has 0 aliphatic carbocycles. The van der Waals surface area contributed by atoms with Crippen molar-refractivity contribution in [3.05, 3.63) is 0 Å². The Balaban J connectivity index is 4.26. The van der Waals surface area contributed by atoms with E-state index in [9.17, 15) is 14.4 Å². The van der Waals surface area contributed by atoms with Crippen LogP contribution < -0.4 is 0 Å². The summed E-state index contributed by atoms with van der Waals surface area (Å²) in [6, 6.07) is 0. The van der Waals surface area contributed by atoms with Gasteiger partial charge in [-0.2, -0.15) is 0 Å². The summed E-state index contributed by atoms with van der Waals surface area (Å²) in [5, 5.41) is 0. The SMILES string of the molecule is CCCCCCCCCCCCCCCCCCCCCCCCC(=O)OCC(COC(=O)CCCCCCCCCCCCCCCCCCCCC)OC(=O)CCCCCCCCCCCCCCCCCCCCC. The first-order chi connectivity index (χ1) is 38.5. The highest BCUT2D eigenvalue weighted by Gasteiger charge is 2.20. The third-order valence-electron chi connectivity index (χ3n) is 16.9. The van der Waals surface area contributed by atoms with Gasteiger partial charge in [-0.05, 0) is 19.3 Å². The van der Waals surface area contributed by atoms with Crippen molar-refractivity contribution in [1.29, 1.82) is 0 Å². The lowest BCUT2D eigenvalue weighted by Crippen LogP contribution is -2.30. The molecular weight excluding hydrogens is 961 g/mol. The van der Waals surface area contributed by atoms with Gasteiger partial charge < -0.3 is 14.2 Å². The third-order valence-corrected chi connectivity index (χ3v) is 16.9. The molecule has 0 aliphatic rings. The molecule has 0 saturated carbocycles. The molecule has 0 aromatic heterocycles.